The summed E-state index contributed by atoms with van der Waals surface area (Å²) in [7, 11) is 0. The van der Waals surface area contributed by atoms with Crippen molar-refractivity contribution in [2.24, 2.45) is 5.73 Å². The van der Waals surface area contributed by atoms with Crippen LogP contribution in [-0.2, 0) is 25.7 Å². The van der Waals surface area contributed by atoms with E-state index in [2.05, 4.69) is 16.3 Å². The molecule has 0 fully saturated rings. The quantitative estimate of drug-likeness (QED) is 0.508. The molecule has 0 spiro atoms. The molecule has 0 aliphatic rings. The SMILES string of the molecule is CCl.NC(C(=O)OCCl)C(=O)OCc1ccccc1. The van der Waals surface area contributed by atoms with Crippen LogP contribution in [0.2, 0.25) is 0 Å². The van der Waals surface area contributed by atoms with Gasteiger partial charge >= 0.3 is 11.9 Å². The molecule has 7 heteroatoms. The maximum atomic E-state index is 11.3. The fourth-order valence-electron chi connectivity index (χ4n) is 1.06. The first-order valence-electron chi connectivity index (χ1n) is 5.21. The van der Waals surface area contributed by atoms with Gasteiger partial charge in [-0.1, -0.05) is 41.9 Å². The lowest BCUT2D eigenvalue weighted by Crippen LogP contribution is -2.41. The van der Waals surface area contributed by atoms with E-state index in [-0.39, 0.29) is 12.7 Å². The van der Waals surface area contributed by atoms with E-state index in [1.165, 1.54) is 6.38 Å². The van der Waals surface area contributed by atoms with Crippen molar-refractivity contribution in [3.05, 3.63) is 35.9 Å². The highest BCUT2D eigenvalue weighted by Crippen LogP contribution is 2.02. The molecule has 0 aliphatic carbocycles. The zero-order valence-electron chi connectivity index (χ0n) is 10.3. The summed E-state index contributed by atoms with van der Waals surface area (Å²) in [5, 5.41) is 0. The smallest absolute Gasteiger partial charge is 0.335 e. The van der Waals surface area contributed by atoms with Crippen LogP contribution in [-0.4, -0.2) is 30.4 Å². The first-order chi connectivity index (χ1) is 9.15. The fourth-order valence-corrected chi connectivity index (χ4v) is 1.17. The van der Waals surface area contributed by atoms with Gasteiger partial charge in [-0.2, -0.15) is 0 Å². The number of hydrogen-bond acceptors (Lipinski definition) is 5. The van der Waals surface area contributed by atoms with Gasteiger partial charge in [0.1, 0.15) is 6.61 Å². The van der Waals surface area contributed by atoms with Gasteiger partial charge in [0.15, 0.2) is 6.07 Å². The number of esters is 2. The number of carbonyl (C=O) groups is 2. The van der Waals surface area contributed by atoms with Crippen molar-refractivity contribution in [1.82, 2.24) is 0 Å². The van der Waals surface area contributed by atoms with E-state index in [0.717, 1.165) is 5.56 Å². The molecule has 1 aromatic carbocycles. The van der Waals surface area contributed by atoms with Gasteiger partial charge in [0.2, 0.25) is 6.04 Å². The van der Waals surface area contributed by atoms with Crippen molar-refractivity contribution < 1.29 is 19.1 Å². The Kier molecular flexibility index (Phi) is 9.88. The number of hydrogen-bond donors (Lipinski definition) is 1. The van der Waals surface area contributed by atoms with E-state index in [1.54, 1.807) is 12.1 Å². The Hall–Kier alpha value is -1.30. The summed E-state index contributed by atoms with van der Waals surface area (Å²) in [5.41, 5.74) is 6.11. The predicted octanol–water partition coefficient (Wildman–Crippen LogP) is 1.65. The summed E-state index contributed by atoms with van der Waals surface area (Å²) >= 11 is 9.81. The van der Waals surface area contributed by atoms with Crippen LogP contribution in [0.4, 0.5) is 0 Å². The van der Waals surface area contributed by atoms with Crippen LogP contribution in [0, 0.1) is 0 Å². The van der Waals surface area contributed by atoms with Gasteiger partial charge in [0, 0.05) is 6.38 Å². The predicted molar refractivity (Wildman–Crippen MR) is 72.8 cm³/mol. The Morgan fingerprint density at radius 1 is 1.16 bits per heavy atom. The topological polar surface area (TPSA) is 78.6 Å². The van der Waals surface area contributed by atoms with Gasteiger partial charge < -0.3 is 15.2 Å². The second-order valence-corrected chi connectivity index (χ2v) is 3.36. The number of alkyl halides is 2. The molecule has 0 saturated heterocycles. The van der Waals surface area contributed by atoms with Gasteiger partial charge in [-0.25, -0.2) is 9.59 Å². The summed E-state index contributed by atoms with van der Waals surface area (Å²) in [6.45, 7) is 0.0571. The average molecular weight is 308 g/mol. The van der Waals surface area contributed by atoms with Crippen LogP contribution in [0.15, 0.2) is 30.3 Å². The van der Waals surface area contributed by atoms with Crippen molar-refractivity contribution in [3.8, 4) is 0 Å². The average Bonchev–Trinajstić information content (AvgIpc) is 2.47. The van der Waals surface area contributed by atoms with Crippen molar-refractivity contribution in [2.75, 3.05) is 12.4 Å². The van der Waals surface area contributed by atoms with Crippen LogP contribution in [0.3, 0.4) is 0 Å². The first-order valence-corrected chi connectivity index (χ1v) is 6.50. The van der Waals surface area contributed by atoms with E-state index < -0.39 is 18.0 Å². The Morgan fingerprint density at radius 2 is 1.68 bits per heavy atom. The second kappa shape index (κ2) is 10.6. The van der Waals surface area contributed by atoms with Gasteiger partial charge in [-0.15, -0.1) is 11.6 Å². The third-order valence-corrected chi connectivity index (χ3v) is 2.04. The maximum absolute atomic E-state index is 11.3. The van der Waals surface area contributed by atoms with Gasteiger partial charge in [-0.05, 0) is 5.56 Å². The number of ether oxygens (including phenoxy) is 2. The Morgan fingerprint density at radius 3 is 2.21 bits per heavy atom. The molecule has 0 aromatic heterocycles. The molecule has 0 aliphatic heterocycles. The van der Waals surface area contributed by atoms with Crippen molar-refractivity contribution in [1.29, 1.82) is 0 Å². The molecule has 1 rings (SSSR count). The lowest BCUT2D eigenvalue weighted by atomic mass is 10.2. The maximum Gasteiger partial charge on any atom is 0.335 e. The Labute approximate surface area is 121 Å². The summed E-state index contributed by atoms with van der Waals surface area (Å²) in [5.74, 6) is -1.75. The standard InChI is InChI=1S/C11H12ClNO4.CH3Cl/c12-7-17-11(15)9(13)10(14)16-6-8-4-2-1-3-5-8;1-2/h1-5,9H,6-7,13H2;1H3. The monoisotopic (exact) mass is 307 g/mol. The third-order valence-electron chi connectivity index (χ3n) is 1.93. The van der Waals surface area contributed by atoms with Crippen LogP contribution >= 0.6 is 23.2 Å². The molecule has 1 atom stereocenters. The van der Waals surface area contributed by atoms with Gasteiger partial charge in [0.25, 0.3) is 0 Å². The molecule has 106 valence electrons. The molecule has 0 radical (unpaired) electrons. The van der Waals surface area contributed by atoms with E-state index >= 15 is 0 Å². The Balaban J connectivity index is 0.00000154. The number of nitrogens with two attached hydrogens (primary N) is 1. The third kappa shape index (κ3) is 7.00. The molecule has 5 nitrogen and oxygen atoms in total. The summed E-state index contributed by atoms with van der Waals surface area (Å²) in [6, 6.07) is 7.23. The summed E-state index contributed by atoms with van der Waals surface area (Å²) < 4.78 is 9.23. The molecule has 2 N–H and O–H groups in total. The van der Waals surface area contributed by atoms with Crippen molar-refractivity contribution in [3.63, 3.8) is 0 Å². The summed E-state index contributed by atoms with van der Waals surface area (Å²) in [6.07, 6.45) is 1.47. The normalized spacial score (nSPS) is 10.7. The molecule has 1 unspecified atom stereocenters. The van der Waals surface area contributed by atoms with Crippen LogP contribution in [0.25, 0.3) is 0 Å². The van der Waals surface area contributed by atoms with Crippen LogP contribution in [0.5, 0.6) is 0 Å². The number of rotatable bonds is 5. The van der Waals surface area contributed by atoms with Gasteiger partial charge in [-0.3, -0.25) is 0 Å². The minimum atomic E-state index is -1.46. The van der Waals surface area contributed by atoms with Crippen molar-refractivity contribution >= 4 is 35.1 Å². The zero-order chi connectivity index (χ0) is 14.7. The molecular formula is C12H15Cl2NO4. The fraction of sp³-hybridized carbons (Fsp3) is 0.333. The molecule has 0 heterocycles. The molecule has 19 heavy (non-hydrogen) atoms. The molecule has 0 amide bonds. The summed E-state index contributed by atoms with van der Waals surface area (Å²) in [4.78, 5) is 22.4. The van der Waals surface area contributed by atoms with Crippen LogP contribution < -0.4 is 5.73 Å². The van der Waals surface area contributed by atoms with E-state index in [0.29, 0.717) is 0 Å². The number of halogens is 2. The lowest BCUT2D eigenvalue weighted by molar-refractivity contribution is -0.156. The van der Waals surface area contributed by atoms with Crippen LogP contribution in [0.1, 0.15) is 5.56 Å². The highest BCUT2D eigenvalue weighted by molar-refractivity contribution is 6.17. The number of benzene rings is 1. The number of carbonyl (C=O) groups excluding carboxylic acids is 2. The van der Waals surface area contributed by atoms with Crippen molar-refractivity contribution in [2.45, 2.75) is 12.6 Å². The van der Waals surface area contributed by atoms with E-state index in [1.807, 2.05) is 18.2 Å². The van der Waals surface area contributed by atoms with E-state index in [9.17, 15) is 9.59 Å². The Bertz CT molecular complexity index is 387. The minimum Gasteiger partial charge on any atom is -0.459 e. The second-order valence-electron chi connectivity index (χ2n) is 3.14. The molecule has 0 saturated carbocycles. The molecule has 1 aromatic rings. The molecular weight excluding hydrogens is 293 g/mol. The molecule has 0 bridgehead atoms. The van der Waals surface area contributed by atoms with E-state index in [4.69, 9.17) is 22.1 Å². The minimum absolute atomic E-state index is 0.0571. The largest absolute Gasteiger partial charge is 0.459 e. The van der Waals surface area contributed by atoms with Gasteiger partial charge in [0.05, 0.1) is 0 Å². The highest BCUT2D eigenvalue weighted by atomic mass is 35.5. The highest BCUT2D eigenvalue weighted by Gasteiger charge is 2.25. The first kappa shape index (κ1) is 17.7. The lowest BCUT2D eigenvalue weighted by Gasteiger charge is -2.10. The zero-order valence-corrected chi connectivity index (χ0v) is 11.9.